The summed E-state index contributed by atoms with van der Waals surface area (Å²) in [6, 6.07) is 10.4. The number of rotatable bonds is 1. The first-order valence-corrected chi connectivity index (χ1v) is 7.22. The zero-order valence-corrected chi connectivity index (χ0v) is 10.6. The Bertz CT molecular complexity index is 622. The molecule has 0 saturated heterocycles. The Hall–Kier alpha value is -0.580. The summed E-state index contributed by atoms with van der Waals surface area (Å²) < 4.78 is 23.5. The molecule has 2 aromatic rings. The van der Waals surface area contributed by atoms with Crippen LogP contribution in [0.25, 0.3) is 10.8 Å². The van der Waals surface area contributed by atoms with Gasteiger partial charge in [0.1, 0.15) is 0 Å². The van der Waals surface area contributed by atoms with Crippen molar-refractivity contribution < 1.29 is 8.42 Å². The monoisotopic (exact) mass is 304 g/mol. The average molecular weight is 306 g/mol. The van der Waals surface area contributed by atoms with E-state index in [0.29, 0.717) is 5.39 Å². The van der Waals surface area contributed by atoms with Crippen LogP contribution < -0.4 is 0 Å². The minimum atomic E-state index is -3.69. The van der Waals surface area contributed by atoms with Crippen molar-refractivity contribution in [3.63, 3.8) is 0 Å². The molecule has 0 radical (unpaired) electrons. The number of hydrogen-bond acceptors (Lipinski definition) is 2. The van der Waals surface area contributed by atoms with Gasteiger partial charge in [-0.2, -0.15) is 0 Å². The van der Waals surface area contributed by atoms with Gasteiger partial charge in [0.25, 0.3) is 9.05 Å². The van der Waals surface area contributed by atoms with E-state index < -0.39 is 9.05 Å². The molecule has 0 fully saturated rings. The van der Waals surface area contributed by atoms with E-state index in [4.69, 9.17) is 10.7 Å². The predicted molar refractivity (Wildman–Crippen MR) is 64.7 cm³/mol. The predicted octanol–water partition coefficient (Wildman–Crippen LogP) is 3.53. The Kier molecular flexibility index (Phi) is 2.75. The molecule has 0 bridgehead atoms. The Morgan fingerprint density at radius 3 is 2.27 bits per heavy atom. The molecule has 5 heteroatoms. The molecule has 0 aliphatic carbocycles. The SMILES string of the molecule is O=S(=O)(Cl)c1cccc2c(Br)cccc12. The Balaban J connectivity index is 2.96. The lowest BCUT2D eigenvalue weighted by atomic mass is 10.1. The zero-order valence-electron chi connectivity index (χ0n) is 7.44. The molecule has 0 atom stereocenters. The van der Waals surface area contributed by atoms with E-state index in [0.717, 1.165) is 9.86 Å². The van der Waals surface area contributed by atoms with Crippen LogP contribution in [0.1, 0.15) is 0 Å². The molecule has 0 unspecified atom stereocenters. The second-order valence-corrected chi connectivity index (χ2v) is 6.42. The van der Waals surface area contributed by atoms with Gasteiger partial charge in [-0.05, 0) is 17.5 Å². The zero-order chi connectivity index (χ0) is 11.1. The molecule has 2 rings (SSSR count). The van der Waals surface area contributed by atoms with Gasteiger partial charge in [-0.25, -0.2) is 8.42 Å². The normalized spacial score (nSPS) is 11.9. The summed E-state index contributed by atoms with van der Waals surface area (Å²) in [5.74, 6) is 0. The van der Waals surface area contributed by atoms with Crippen LogP contribution in [0.5, 0.6) is 0 Å². The van der Waals surface area contributed by atoms with Crippen molar-refractivity contribution in [3.8, 4) is 0 Å². The number of halogens is 2. The average Bonchev–Trinajstić information content (AvgIpc) is 2.16. The molecule has 78 valence electrons. The van der Waals surface area contributed by atoms with Crippen molar-refractivity contribution >= 4 is 46.4 Å². The lowest BCUT2D eigenvalue weighted by molar-refractivity contribution is 0.610. The maximum absolute atomic E-state index is 11.3. The minimum Gasteiger partial charge on any atom is -0.207 e. The quantitative estimate of drug-likeness (QED) is 0.755. The summed E-state index contributed by atoms with van der Waals surface area (Å²) in [6.45, 7) is 0. The molecule has 0 aliphatic heterocycles. The van der Waals surface area contributed by atoms with Crippen LogP contribution in [0.3, 0.4) is 0 Å². The summed E-state index contributed by atoms with van der Waals surface area (Å²) in [6.07, 6.45) is 0. The molecule has 0 amide bonds. The molecule has 15 heavy (non-hydrogen) atoms. The molecule has 2 aromatic carbocycles. The highest BCUT2D eigenvalue weighted by Gasteiger charge is 2.14. The number of benzene rings is 2. The summed E-state index contributed by atoms with van der Waals surface area (Å²) in [5.41, 5.74) is 0. The van der Waals surface area contributed by atoms with Gasteiger partial charge in [0.2, 0.25) is 0 Å². The maximum atomic E-state index is 11.3. The standard InChI is InChI=1S/C10H6BrClO2S/c11-9-5-1-4-8-7(9)3-2-6-10(8)15(12,13)14/h1-6H. The van der Waals surface area contributed by atoms with Gasteiger partial charge in [-0.1, -0.05) is 40.2 Å². The van der Waals surface area contributed by atoms with Crippen molar-refractivity contribution in [2.75, 3.05) is 0 Å². The third-order valence-electron chi connectivity index (χ3n) is 2.09. The highest BCUT2D eigenvalue weighted by atomic mass is 79.9. The van der Waals surface area contributed by atoms with Gasteiger partial charge in [-0.3, -0.25) is 0 Å². The molecular weight excluding hydrogens is 300 g/mol. The van der Waals surface area contributed by atoms with Gasteiger partial charge in [0.05, 0.1) is 4.90 Å². The van der Waals surface area contributed by atoms with Crippen molar-refractivity contribution in [1.29, 1.82) is 0 Å². The second kappa shape index (κ2) is 3.77. The first-order chi connectivity index (χ1) is 7.00. The Morgan fingerprint density at radius 2 is 1.60 bits per heavy atom. The van der Waals surface area contributed by atoms with E-state index >= 15 is 0 Å². The fourth-order valence-corrected chi connectivity index (χ4v) is 3.04. The molecule has 0 spiro atoms. The van der Waals surface area contributed by atoms with Crippen LogP contribution in [0.15, 0.2) is 45.8 Å². The number of hydrogen-bond donors (Lipinski definition) is 0. The molecular formula is C10H6BrClO2S. The van der Waals surface area contributed by atoms with Crippen LogP contribution in [-0.4, -0.2) is 8.42 Å². The van der Waals surface area contributed by atoms with Crippen molar-refractivity contribution in [2.24, 2.45) is 0 Å². The second-order valence-electron chi connectivity index (χ2n) is 3.03. The van der Waals surface area contributed by atoms with Crippen LogP contribution in [-0.2, 0) is 9.05 Å². The van der Waals surface area contributed by atoms with Crippen LogP contribution >= 0.6 is 26.6 Å². The van der Waals surface area contributed by atoms with E-state index in [1.807, 2.05) is 12.1 Å². The summed E-state index contributed by atoms with van der Waals surface area (Å²) in [4.78, 5) is 0.142. The van der Waals surface area contributed by atoms with E-state index in [-0.39, 0.29) is 4.90 Å². The third-order valence-corrected chi connectivity index (χ3v) is 4.16. The van der Waals surface area contributed by atoms with E-state index in [1.165, 1.54) is 6.07 Å². The molecule has 0 aromatic heterocycles. The van der Waals surface area contributed by atoms with E-state index in [1.54, 1.807) is 18.2 Å². The molecule has 0 aliphatic rings. The van der Waals surface area contributed by atoms with Gasteiger partial charge in [0, 0.05) is 20.5 Å². The van der Waals surface area contributed by atoms with Gasteiger partial charge < -0.3 is 0 Å². The van der Waals surface area contributed by atoms with Crippen molar-refractivity contribution in [3.05, 3.63) is 40.9 Å². The van der Waals surface area contributed by atoms with E-state index in [9.17, 15) is 8.42 Å². The number of fused-ring (bicyclic) bond motifs is 1. The topological polar surface area (TPSA) is 34.1 Å². The summed E-state index contributed by atoms with van der Waals surface area (Å²) >= 11 is 3.36. The fourth-order valence-electron chi connectivity index (χ4n) is 1.46. The van der Waals surface area contributed by atoms with Gasteiger partial charge in [0.15, 0.2) is 0 Å². The Labute approximate surface area is 100 Å². The molecule has 0 saturated carbocycles. The molecule has 0 heterocycles. The first kappa shape index (κ1) is 10.9. The largest absolute Gasteiger partial charge is 0.261 e. The lowest BCUT2D eigenvalue weighted by Gasteiger charge is -2.04. The van der Waals surface area contributed by atoms with E-state index in [2.05, 4.69) is 15.9 Å². The molecule has 0 N–H and O–H groups in total. The third kappa shape index (κ3) is 2.02. The fraction of sp³-hybridized carbons (Fsp3) is 0. The maximum Gasteiger partial charge on any atom is 0.261 e. The summed E-state index contributed by atoms with van der Waals surface area (Å²) in [5, 5.41) is 1.46. The van der Waals surface area contributed by atoms with Crippen LogP contribution in [0.2, 0.25) is 0 Å². The van der Waals surface area contributed by atoms with Gasteiger partial charge in [-0.15, -0.1) is 0 Å². The van der Waals surface area contributed by atoms with Crippen molar-refractivity contribution in [2.45, 2.75) is 4.90 Å². The lowest BCUT2D eigenvalue weighted by Crippen LogP contribution is -1.91. The summed E-state index contributed by atoms with van der Waals surface area (Å²) in [7, 11) is 1.65. The Morgan fingerprint density at radius 1 is 1.00 bits per heavy atom. The van der Waals surface area contributed by atoms with Crippen molar-refractivity contribution in [1.82, 2.24) is 0 Å². The van der Waals surface area contributed by atoms with Crippen LogP contribution in [0, 0.1) is 0 Å². The smallest absolute Gasteiger partial charge is 0.207 e. The highest BCUT2D eigenvalue weighted by Crippen LogP contribution is 2.30. The first-order valence-electron chi connectivity index (χ1n) is 4.12. The van der Waals surface area contributed by atoms with Crippen LogP contribution in [0.4, 0.5) is 0 Å². The minimum absolute atomic E-state index is 0.142. The molecule has 2 nitrogen and oxygen atoms in total. The highest BCUT2D eigenvalue weighted by molar-refractivity contribution is 9.10. The van der Waals surface area contributed by atoms with Gasteiger partial charge >= 0.3 is 0 Å².